The van der Waals surface area contributed by atoms with Crippen LogP contribution in [-0.4, -0.2) is 12.6 Å². The first-order chi connectivity index (χ1) is 6.26. The van der Waals surface area contributed by atoms with Crippen LogP contribution in [0.4, 0.5) is 0 Å². The molecule has 1 N–H and O–H groups in total. The first-order valence-corrected chi connectivity index (χ1v) is 5.60. The van der Waals surface area contributed by atoms with Crippen LogP contribution in [0.25, 0.3) is 0 Å². The van der Waals surface area contributed by atoms with Crippen LogP contribution in [0, 0.1) is 5.92 Å². The highest BCUT2D eigenvalue weighted by Crippen LogP contribution is 2.12. The molecule has 0 radical (unpaired) electrons. The highest BCUT2D eigenvalue weighted by Gasteiger charge is 2.13. The fraction of sp³-hybridized carbons (Fsp3) is 0.833. The average Bonchev–Trinajstić information content (AvgIpc) is 2.17. The van der Waals surface area contributed by atoms with Crippen LogP contribution < -0.4 is 5.32 Å². The molecule has 0 aliphatic rings. The van der Waals surface area contributed by atoms with Gasteiger partial charge in [0.15, 0.2) is 0 Å². The van der Waals surface area contributed by atoms with Gasteiger partial charge in [-0.15, -0.1) is 6.58 Å². The Bertz CT molecular complexity index is 120. The van der Waals surface area contributed by atoms with Crippen molar-refractivity contribution >= 4 is 0 Å². The van der Waals surface area contributed by atoms with Crippen LogP contribution >= 0.6 is 0 Å². The molecule has 13 heavy (non-hydrogen) atoms. The first kappa shape index (κ1) is 12.7. The van der Waals surface area contributed by atoms with Gasteiger partial charge >= 0.3 is 0 Å². The molecule has 0 aromatic carbocycles. The lowest BCUT2D eigenvalue weighted by Gasteiger charge is -2.23. The van der Waals surface area contributed by atoms with Gasteiger partial charge in [-0.2, -0.15) is 0 Å². The summed E-state index contributed by atoms with van der Waals surface area (Å²) in [6.07, 6.45) is 6.87. The minimum atomic E-state index is 0.683. The zero-order valence-corrected chi connectivity index (χ0v) is 9.47. The molecule has 0 saturated carbocycles. The van der Waals surface area contributed by atoms with Crippen molar-refractivity contribution in [2.75, 3.05) is 6.54 Å². The normalized spacial score (nSPS) is 15.3. The molecule has 0 aromatic heterocycles. The maximum atomic E-state index is 3.77. The third kappa shape index (κ3) is 5.87. The lowest BCUT2D eigenvalue weighted by atomic mass is 9.95. The molecule has 2 unspecified atom stereocenters. The third-order valence-corrected chi connectivity index (χ3v) is 2.67. The summed E-state index contributed by atoms with van der Waals surface area (Å²) >= 11 is 0. The van der Waals surface area contributed by atoms with Gasteiger partial charge in [-0.3, -0.25) is 0 Å². The van der Waals surface area contributed by atoms with Crippen molar-refractivity contribution in [3.05, 3.63) is 12.7 Å². The van der Waals surface area contributed by atoms with Gasteiger partial charge in [0.1, 0.15) is 0 Å². The zero-order valence-electron chi connectivity index (χ0n) is 9.47. The van der Waals surface area contributed by atoms with Crippen molar-refractivity contribution in [2.24, 2.45) is 5.92 Å². The molecule has 1 nitrogen and oxygen atoms in total. The molecule has 0 rings (SSSR count). The van der Waals surface area contributed by atoms with Crippen LogP contribution in [0.2, 0.25) is 0 Å². The van der Waals surface area contributed by atoms with Crippen molar-refractivity contribution in [1.29, 1.82) is 0 Å². The second kappa shape index (κ2) is 8.31. The molecule has 78 valence electrons. The summed E-state index contributed by atoms with van der Waals surface area (Å²) in [5, 5.41) is 3.61. The Balaban J connectivity index is 3.78. The molecule has 0 spiro atoms. The lowest BCUT2D eigenvalue weighted by Crippen LogP contribution is -2.35. The molecule has 1 heteroatoms. The smallest absolute Gasteiger partial charge is 0.00955 e. The Morgan fingerprint density at radius 3 is 2.54 bits per heavy atom. The van der Waals surface area contributed by atoms with Gasteiger partial charge in [-0.1, -0.05) is 33.3 Å². The molecule has 0 fully saturated rings. The van der Waals surface area contributed by atoms with E-state index in [1.807, 2.05) is 6.08 Å². The molecular weight excluding hydrogens is 158 g/mol. The SMILES string of the molecule is C=CCCC(NCCC)C(C)CC. The molecule has 0 amide bonds. The molecule has 0 aliphatic carbocycles. The average molecular weight is 183 g/mol. The van der Waals surface area contributed by atoms with E-state index in [0.29, 0.717) is 6.04 Å². The molecule has 0 aliphatic heterocycles. The van der Waals surface area contributed by atoms with Gasteiger partial charge in [-0.25, -0.2) is 0 Å². The summed E-state index contributed by atoms with van der Waals surface area (Å²) < 4.78 is 0. The van der Waals surface area contributed by atoms with Gasteiger partial charge in [0.05, 0.1) is 0 Å². The van der Waals surface area contributed by atoms with Crippen molar-refractivity contribution < 1.29 is 0 Å². The number of rotatable bonds is 8. The Labute approximate surface area is 83.6 Å². The minimum absolute atomic E-state index is 0.683. The Hall–Kier alpha value is -0.300. The number of nitrogens with one attached hydrogen (secondary N) is 1. The van der Waals surface area contributed by atoms with E-state index >= 15 is 0 Å². The molecule has 0 saturated heterocycles. The first-order valence-electron chi connectivity index (χ1n) is 5.60. The van der Waals surface area contributed by atoms with Crippen molar-refractivity contribution in [3.63, 3.8) is 0 Å². The van der Waals surface area contributed by atoms with Gasteiger partial charge in [0.2, 0.25) is 0 Å². The second-order valence-corrected chi connectivity index (χ2v) is 3.81. The van der Waals surface area contributed by atoms with E-state index in [9.17, 15) is 0 Å². The summed E-state index contributed by atoms with van der Waals surface area (Å²) in [7, 11) is 0. The molecule has 0 heterocycles. The molecule has 0 bridgehead atoms. The quantitative estimate of drug-likeness (QED) is 0.569. The van der Waals surface area contributed by atoms with Crippen LogP contribution in [0.1, 0.15) is 46.5 Å². The highest BCUT2D eigenvalue weighted by molar-refractivity contribution is 4.77. The Morgan fingerprint density at radius 2 is 2.08 bits per heavy atom. The summed E-state index contributed by atoms with van der Waals surface area (Å²) in [5.41, 5.74) is 0. The van der Waals surface area contributed by atoms with Crippen LogP contribution in [0.3, 0.4) is 0 Å². The fourth-order valence-corrected chi connectivity index (χ4v) is 1.50. The second-order valence-electron chi connectivity index (χ2n) is 3.81. The van der Waals surface area contributed by atoms with Gasteiger partial charge in [-0.05, 0) is 31.7 Å². The fourth-order valence-electron chi connectivity index (χ4n) is 1.50. The van der Waals surface area contributed by atoms with Crippen molar-refractivity contribution in [2.45, 2.75) is 52.5 Å². The van der Waals surface area contributed by atoms with Gasteiger partial charge < -0.3 is 5.32 Å². The maximum Gasteiger partial charge on any atom is 0.00955 e. The number of hydrogen-bond donors (Lipinski definition) is 1. The molecule has 0 aromatic rings. The van der Waals surface area contributed by atoms with Gasteiger partial charge in [0.25, 0.3) is 0 Å². The lowest BCUT2D eigenvalue weighted by molar-refractivity contribution is 0.350. The highest BCUT2D eigenvalue weighted by atomic mass is 14.9. The van der Waals surface area contributed by atoms with E-state index in [1.54, 1.807) is 0 Å². The zero-order chi connectivity index (χ0) is 10.1. The monoisotopic (exact) mass is 183 g/mol. The van der Waals surface area contributed by atoms with Crippen molar-refractivity contribution in [1.82, 2.24) is 5.32 Å². The van der Waals surface area contributed by atoms with E-state index in [4.69, 9.17) is 0 Å². The standard InChI is InChI=1S/C12H25N/c1-5-8-9-12(11(4)7-3)13-10-6-2/h5,11-13H,1,6-10H2,2-4H3. The third-order valence-electron chi connectivity index (χ3n) is 2.67. The predicted octanol–water partition coefficient (Wildman–Crippen LogP) is 3.37. The van der Waals surface area contributed by atoms with Crippen molar-refractivity contribution in [3.8, 4) is 0 Å². The Kier molecular flexibility index (Phi) is 8.11. The number of hydrogen-bond acceptors (Lipinski definition) is 1. The van der Waals surface area contributed by atoms with Crippen LogP contribution in [0.5, 0.6) is 0 Å². The summed E-state index contributed by atoms with van der Waals surface area (Å²) in [6.45, 7) is 11.7. The summed E-state index contributed by atoms with van der Waals surface area (Å²) in [4.78, 5) is 0. The van der Waals surface area contributed by atoms with Crippen LogP contribution in [-0.2, 0) is 0 Å². The molecule has 2 atom stereocenters. The van der Waals surface area contributed by atoms with Crippen LogP contribution in [0.15, 0.2) is 12.7 Å². The molecular formula is C12H25N. The maximum absolute atomic E-state index is 3.77. The van der Waals surface area contributed by atoms with E-state index in [2.05, 4.69) is 32.7 Å². The number of allylic oxidation sites excluding steroid dienone is 1. The van der Waals surface area contributed by atoms with E-state index in [0.717, 1.165) is 18.9 Å². The minimum Gasteiger partial charge on any atom is -0.314 e. The predicted molar refractivity (Wildman–Crippen MR) is 61.0 cm³/mol. The van der Waals surface area contributed by atoms with E-state index < -0.39 is 0 Å². The Morgan fingerprint density at radius 1 is 1.38 bits per heavy atom. The topological polar surface area (TPSA) is 12.0 Å². The summed E-state index contributed by atoms with van der Waals surface area (Å²) in [5.74, 6) is 0.784. The largest absolute Gasteiger partial charge is 0.314 e. The summed E-state index contributed by atoms with van der Waals surface area (Å²) in [6, 6.07) is 0.683. The van der Waals surface area contributed by atoms with E-state index in [-0.39, 0.29) is 0 Å². The van der Waals surface area contributed by atoms with Gasteiger partial charge in [0, 0.05) is 6.04 Å². The van der Waals surface area contributed by atoms with E-state index in [1.165, 1.54) is 19.3 Å².